The zero-order valence-electron chi connectivity index (χ0n) is 8.67. The van der Waals surface area contributed by atoms with Crippen LogP contribution < -0.4 is 5.32 Å². The van der Waals surface area contributed by atoms with Gasteiger partial charge < -0.3 is 10.2 Å². The predicted octanol–water partition coefficient (Wildman–Crippen LogP) is -0.486. The number of nitrogens with zero attached hydrogens (tertiary/aromatic N) is 2. The van der Waals surface area contributed by atoms with Gasteiger partial charge in [0.1, 0.15) is 0 Å². The molecular weight excluding hydrogens is 178 g/mol. The molecule has 2 fully saturated rings. The van der Waals surface area contributed by atoms with E-state index in [0.29, 0.717) is 12.5 Å². The number of likely N-dealkylation sites (tertiary alicyclic amines) is 1. The van der Waals surface area contributed by atoms with Crippen molar-refractivity contribution in [3.63, 3.8) is 0 Å². The number of carbonyl (C=O) groups is 1. The molecule has 0 atom stereocenters. The molecule has 1 amide bonds. The summed E-state index contributed by atoms with van der Waals surface area (Å²) in [5.74, 6) is 0.318. The van der Waals surface area contributed by atoms with E-state index in [-0.39, 0.29) is 0 Å². The molecule has 0 saturated carbocycles. The number of hydrogen-bond donors (Lipinski definition) is 1. The van der Waals surface area contributed by atoms with Gasteiger partial charge in [0.05, 0.1) is 6.54 Å². The van der Waals surface area contributed by atoms with E-state index in [0.717, 1.165) is 45.7 Å². The zero-order valence-corrected chi connectivity index (χ0v) is 8.67. The first-order valence-electron chi connectivity index (χ1n) is 5.57. The number of carbonyl (C=O) groups excluding carboxylic acids is 1. The monoisotopic (exact) mass is 197 g/mol. The first-order chi connectivity index (χ1) is 6.86. The normalized spacial score (nSPS) is 24.1. The Morgan fingerprint density at radius 1 is 1.07 bits per heavy atom. The Kier molecular flexibility index (Phi) is 3.37. The molecule has 0 bridgehead atoms. The van der Waals surface area contributed by atoms with Crippen molar-refractivity contribution >= 4 is 5.91 Å². The summed E-state index contributed by atoms with van der Waals surface area (Å²) in [5.41, 5.74) is 0. The second-order valence-corrected chi connectivity index (χ2v) is 4.11. The van der Waals surface area contributed by atoms with Crippen LogP contribution in [0.3, 0.4) is 0 Å². The summed E-state index contributed by atoms with van der Waals surface area (Å²) in [6.07, 6.45) is 2.35. The highest BCUT2D eigenvalue weighted by Gasteiger charge is 2.22. The molecule has 2 rings (SSSR count). The second kappa shape index (κ2) is 4.75. The lowest BCUT2D eigenvalue weighted by Crippen LogP contribution is -2.47. The van der Waals surface area contributed by atoms with E-state index in [1.165, 1.54) is 6.42 Å². The van der Waals surface area contributed by atoms with Crippen LogP contribution >= 0.6 is 0 Å². The Morgan fingerprint density at radius 2 is 1.93 bits per heavy atom. The summed E-state index contributed by atoms with van der Waals surface area (Å²) in [5, 5.41) is 3.34. The van der Waals surface area contributed by atoms with Gasteiger partial charge in [-0.25, -0.2) is 0 Å². The van der Waals surface area contributed by atoms with E-state index in [1.807, 2.05) is 4.90 Å². The topological polar surface area (TPSA) is 35.6 Å². The first-order valence-corrected chi connectivity index (χ1v) is 5.57. The third-order valence-electron chi connectivity index (χ3n) is 3.00. The lowest BCUT2D eigenvalue weighted by Gasteiger charge is -2.33. The smallest absolute Gasteiger partial charge is 0.236 e. The lowest BCUT2D eigenvalue weighted by molar-refractivity contribution is -0.135. The third kappa shape index (κ3) is 2.45. The Bertz CT molecular complexity index is 196. The minimum absolute atomic E-state index is 0.318. The van der Waals surface area contributed by atoms with Gasteiger partial charge in [-0.15, -0.1) is 0 Å². The van der Waals surface area contributed by atoms with E-state index in [1.54, 1.807) is 0 Å². The molecule has 80 valence electrons. The van der Waals surface area contributed by atoms with E-state index in [9.17, 15) is 4.79 Å². The molecule has 2 aliphatic heterocycles. The molecule has 2 aliphatic rings. The summed E-state index contributed by atoms with van der Waals surface area (Å²) in [7, 11) is 0. The zero-order chi connectivity index (χ0) is 9.80. The Hall–Kier alpha value is -0.610. The molecule has 0 aromatic heterocycles. The van der Waals surface area contributed by atoms with Gasteiger partial charge in [0.15, 0.2) is 0 Å². The van der Waals surface area contributed by atoms with Crippen molar-refractivity contribution in [2.75, 3.05) is 45.8 Å². The van der Waals surface area contributed by atoms with Crippen molar-refractivity contribution in [1.29, 1.82) is 0 Å². The fourth-order valence-corrected chi connectivity index (χ4v) is 1.92. The van der Waals surface area contributed by atoms with Gasteiger partial charge in [-0.1, -0.05) is 0 Å². The molecule has 0 aliphatic carbocycles. The van der Waals surface area contributed by atoms with Crippen LogP contribution in [0.2, 0.25) is 0 Å². The summed E-state index contributed by atoms with van der Waals surface area (Å²) >= 11 is 0. The van der Waals surface area contributed by atoms with Gasteiger partial charge in [0, 0.05) is 26.2 Å². The summed E-state index contributed by atoms with van der Waals surface area (Å²) in [6.45, 7) is 6.77. The average Bonchev–Trinajstić information content (AvgIpc) is 2.29. The van der Waals surface area contributed by atoms with Crippen LogP contribution in [0.1, 0.15) is 12.8 Å². The van der Waals surface area contributed by atoms with Crippen LogP contribution in [0.5, 0.6) is 0 Å². The van der Waals surface area contributed by atoms with E-state index in [4.69, 9.17) is 0 Å². The summed E-state index contributed by atoms with van der Waals surface area (Å²) < 4.78 is 0. The highest BCUT2D eigenvalue weighted by atomic mass is 16.2. The molecule has 4 heteroatoms. The van der Waals surface area contributed by atoms with Crippen LogP contribution in [0.25, 0.3) is 0 Å². The van der Waals surface area contributed by atoms with Gasteiger partial charge >= 0.3 is 0 Å². The SMILES string of the molecule is O=C(CN1CCCNCC1)N1CCC1. The van der Waals surface area contributed by atoms with Crippen molar-refractivity contribution < 1.29 is 4.79 Å². The van der Waals surface area contributed by atoms with Gasteiger partial charge in [0.2, 0.25) is 5.91 Å². The standard InChI is InChI=1S/C10H19N3O/c14-10(13-6-2-7-13)9-12-5-1-3-11-4-8-12/h11H,1-9H2. The van der Waals surface area contributed by atoms with E-state index in [2.05, 4.69) is 10.2 Å². The molecule has 0 spiro atoms. The molecule has 1 N–H and O–H groups in total. The van der Waals surface area contributed by atoms with E-state index < -0.39 is 0 Å². The van der Waals surface area contributed by atoms with Gasteiger partial charge in [-0.05, 0) is 25.9 Å². The molecular formula is C10H19N3O. The van der Waals surface area contributed by atoms with Crippen molar-refractivity contribution in [2.45, 2.75) is 12.8 Å². The fourth-order valence-electron chi connectivity index (χ4n) is 1.92. The first kappa shape index (κ1) is 9.93. The van der Waals surface area contributed by atoms with Gasteiger partial charge in [-0.2, -0.15) is 0 Å². The molecule has 0 radical (unpaired) electrons. The van der Waals surface area contributed by atoms with Gasteiger partial charge in [-0.3, -0.25) is 9.69 Å². The fraction of sp³-hybridized carbons (Fsp3) is 0.900. The summed E-state index contributed by atoms with van der Waals surface area (Å²) in [4.78, 5) is 15.9. The lowest BCUT2D eigenvalue weighted by atomic mass is 10.2. The minimum atomic E-state index is 0.318. The van der Waals surface area contributed by atoms with Crippen molar-refractivity contribution in [2.24, 2.45) is 0 Å². The Balaban J connectivity index is 1.74. The van der Waals surface area contributed by atoms with Crippen LogP contribution in [0.4, 0.5) is 0 Å². The molecule has 0 unspecified atom stereocenters. The minimum Gasteiger partial charge on any atom is -0.341 e. The number of rotatable bonds is 2. The van der Waals surface area contributed by atoms with Crippen molar-refractivity contribution in [3.8, 4) is 0 Å². The molecule has 4 nitrogen and oxygen atoms in total. The van der Waals surface area contributed by atoms with Crippen molar-refractivity contribution in [3.05, 3.63) is 0 Å². The summed E-state index contributed by atoms with van der Waals surface area (Å²) in [6, 6.07) is 0. The van der Waals surface area contributed by atoms with Crippen LogP contribution in [0.15, 0.2) is 0 Å². The Labute approximate surface area is 85.2 Å². The highest BCUT2D eigenvalue weighted by Crippen LogP contribution is 2.07. The number of amides is 1. The van der Waals surface area contributed by atoms with Gasteiger partial charge in [0.25, 0.3) is 0 Å². The molecule has 0 aromatic rings. The van der Waals surface area contributed by atoms with Crippen molar-refractivity contribution in [1.82, 2.24) is 15.1 Å². The maximum absolute atomic E-state index is 11.7. The maximum atomic E-state index is 11.7. The molecule has 2 saturated heterocycles. The van der Waals surface area contributed by atoms with Crippen LogP contribution in [-0.2, 0) is 4.79 Å². The molecule has 14 heavy (non-hydrogen) atoms. The second-order valence-electron chi connectivity index (χ2n) is 4.11. The number of nitrogens with one attached hydrogen (secondary N) is 1. The quantitative estimate of drug-likeness (QED) is 0.649. The van der Waals surface area contributed by atoms with Crippen LogP contribution in [-0.4, -0.2) is 61.5 Å². The van der Waals surface area contributed by atoms with Crippen LogP contribution in [0, 0.1) is 0 Å². The third-order valence-corrected chi connectivity index (χ3v) is 3.00. The van der Waals surface area contributed by atoms with E-state index >= 15 is 0 Å². The predicted molar refractivity (Wildman–Crippen MR) is 55.1 cm³/mol. The molecule has 0 aromatic carbocycles. The Morgan fingerprint density at radius 3 is 2.64 bits per heavy atom. The average molecular weight is 197 g/mol. The highest BCUT2D eigenvalue weighted by molar-refractivity contribution is 5.78. The number of hydrogen-bond acceptors (Lipinski definition) is 3. The largest absolute Gasteiger partial charge is 0.341 e. The maximum Gasteiger partial charge on any atom is 0.236 e. The molecule has 2 heterocycles.